The second-order valence-electron chi connectivity index (χ2n) is 3.56. The highest BCUT2D eigenvalue weighted by molar-refractivity contribution is 5.75. The van der Waals surface area contributed by atoms with Crippen LogP contribution in [0, 0.1) is 0 Å². The van der Waals surface area contributed by atoms with E-state index in [-0.39, 0.29) is 5.91 Å². The Morgan fingerprint density at radius 1 is 1.50 bits per heavy atom. The molecule has 0 unspecified atom stereocenters. The van der Waals surface area contributed by atoms with Crippen LogP contribution in [0.25, 0.3) is 0 Å². The number of rotatable bonds is 3. The number of aliphatic hydroxyl groups is 1. The first kappa shape index (κ1) is 9.52. The molecule has 70 valence electrons. The lowest BCUT2D eigenvalue weighted by atomic mass is 10.0. The van der Waals surface area contributed by atoms with E-state index in [4.69, 9.17) is 0 Å². The van der Waals surface area contributed by atoms with Crippen molar-refractivity contribution in [1.29, 1.82) is 0 Å². The lowest BCUT2D eigenvalue weighted by molar-refractivity contribution is -0.122. The van der Waals surface area contributed by atoms with Gasteiger partial charge in [-0.1, -0.05) is 19.8 Å². The quantitative estimate of drug-likeness (QED) is 0.660. The third-order valence-electron chi connectivity index (χ3n) is 2.47. The van der Waals surface area contributed by atoms with Gasteiger partial charge in [0.05, 0.1) is 5.60 Å². The molecule has 0 heterocycles. The van der Waals surface area contributed by atoms with Crippen LogP contribution in [0.4, 0.5) is 0 Å². The molecular formula is C9H17NO2. The van der Waals surface area contributed by atoms with Crippen molar-refractivity contribution in [3.8, 4) is 0 Å². The Morgan fingerprint density at radius 2 is 2.08 bits per heavy atom. The van der Waals surface area contributed by atoms with Gasteiger partial charge in [-0.25, -0.2) is 0 Å². The summed E-state index contributed by atoms with van der Waals surface area (Å²) in [6.45, 7) is 2.24. The summed E-state index contributed by atoms with van der Waals surface area (Å²) in [5, 5.41) is 12.5. The van der Waals surface area contributed by atoms with E-state index in [1.54, 1.807) is 0 Å². The number of carbonyl (C=O) groups is 1. The van der Waals surface area contributed by atoms with Crippen molar-refractivity contribution in [3.63, 3.8) is 0 Å². The van der Waals surface area contributed by atoms with Gasteiger partial charge in [0.15, 0.2) is 0 Å². The van der Waals surface area contributed by atoms with Gasteiger partial charge in [-0.2, -0.15) is 0 Å². The van der Waals surface area contributed by atoms with Crippen LogP contribution in [-0.4, -0.2) is 23.2 Å². The van der Waals surface area contributed by atoms with Crippen molar-refractivity contribution in [1.82, 2.24) is 5.32 Å². The zero-order valence-corrected chi connectivity index (χ0v) is 7.60. The number of nitrogens with one attached hydrogen (secondary N) is 1. The molecule has 1 fully saturated rings. The normalized spacial score (nSPS) is 20.8. The SMILES string of the molecule is CCC(=O)NCC1(O)CCCC1. The molecule has 0 aromatic rings. The molecule has 0 saturated heterocycles. The summed E-state index contributed by atoms with van der Waals surface area (Å²) in [6.07, 6.45) is 4.32. The highest BCUT2D eigenvalue weighted by atomic mass is 16.3. The van der Waals surface area contributed by atoms with Gasteiger partial charge in [-0.15, -0.1) is 0 Å². The second kappa shape index (κ2) is 3.90. The summed E-state index contributed by atoms with van der Waals surface area (Å²) in [6, 6.07) is 0. The maximum absolute atomic E-state index is 10.9. The predicted octanol–water partition coefficient (Wildman–Crippen LogP) is 0.818. The highest BCUT2D eigenvalue weighted by Gasteiger charge is 2.30. The standard InChI is InChI=1S/C9H17NO2/c1-2-8(11)10-7-9(12)5-3-4-6-9/h12H,2-7H2,1H3,(H,10,11). The molecule has 0 aliphatic heterocycles. The van der Waals surface area contributed by atoms with E-state index in [0.717, 1.165) is 25.7 Å². The molecule has 2 N–H and O–H groups in total. The van der Waals surface area contributed by atoms with Crippen molar-refractivity contribution in [3.05, 3.63) is 0 Å². The summed E-state index contributed by atoms with van der Waals surface area (Å²) in [5.74, 6) is 0.0234. The molecule has 0 aromatic carbocycles. The number of carbonyl (C=O) groups excluding carboxylic acids is 1. The van der Waals surface area contributed by atoms with Gasteiger partial charge in [0, 0.05) is 13.0 Å². The monoisotopic (exact) mass is 171 g/mol. The molecule has 3 heteroatoms. The zero-order valence-electron chi connectivity index (χ0n) is 7.60. The average molecular weight is 171 g/mol. The van der Waals surface area contributed by atoms with Crippen LogP contribution in [-0.2, 0) is 4.79 Å². The molecule has 3 nitrogen and oxygen atoms in total. The molecular weight excluding hydrogens is 154 g/mol. The van der Waals surface area contributed by atoms with Crippen molar-refractivity contribution >= 4 is 5.91 Å². The van der Waals surface area contributed by atoms with E-state index < -0.39 is 5.60 Å². The second-order valence-corrected chi connectivity index (χ2v) is 3.56. The molecule has 0 aromatic heterocycles. The van der Waals surface area contributed by atoms with Gasteiger partial charge in [0.2, 0.25) is 5.91 Å². The summed E-state index contributed by atoms with van der Waals surface area (Å²) in [4.78, 5) is 10.9. The summed E-state index contributed by atoms with van der Waals surface area (Å²) in [7, 11) is 0. The van der Waals surface area contributed by atoms with Crippen molar-refractivity contribution in [2.75, 3.05) is 6.54 Å². The fraction of sp³-hybridized carbons (Fsp3) is 0.889. The van der Waals surface area contributed by atoms with Crippen molar-refractivity contribution in [2.24, 2.45) is 0 Å². The van der Waals surface area contributed by atoms with Crippen LogP contribution in [0.1, 0.15) is 39.0 Å². The molecule has 1 amide bonds. The van der Waals surface area contributed by atoms with E-state index in [0.29, 0.717) is 13.0 Å². The van der Waals surface area contributed by atoms with E-state index in [9.17, 15) is 9.90 Å². The molecule has 1 rings (SSSR count). The fourth-order valence-corrected chi connectivity index (χ4v) is 1.60. The van der Waals surface area contributed by atoms with Gasteiger partial charge in [-0.3, -0.25) is 4.79 Å². The number of hydrogen-bond donors (Lipinski definition) is 2. The Labute approximate surface area is 73.2 Å². The maximum atomic E-state index is 10.9. The van der Waals surface area contributed by atoms with Crippen LogP contribution in [0.3, 0.4) is 0 Å². The molecule has 0 spiro atoms. The summed E-state index contributed by atoms with van der Waals surface area (Å²) >= 11 is 0. The maximum Gasteiger partial charge on any atom is 0.219 e. The van der Waals surface area contributed by atoms with Gasteiger partial charge >= 0.3 is 0 Å². The average Bonchev–Trinajstić information content (AvgIpc) is 2.49. The van der Waals surface area contributed by atoms with Crippen LogP contribution >= 0.6 is 0 Å². The van der Waals surface area contributed by atoms with Gasteiger partial charge in [-0.05, 0) is 12.8 Å². The Bertz CT molecular complexity index is 162. The topological polar surface area (TPSA) is 49.3 Å². The van der Waals surface area contributed by atoms with Crippen LogP contribution in [0.2, 0.25) is 0 Å². The zero-order chi connectivity index (χ0) is 9.03. The molecule has 1 aliphatic carbocycles. The summed E-state index contributed by atoms with van der Waals surface area (Å²) < 4.78 is 0. The molecule has 0 radical (unpaired) electrons. The Morgan fingerprint density at radius 3 is 2.58 bits per heavy atom. The van der Waals surface area contributed by atoms with Gasteiger partial charge in [0.25, 0.3) is 0 Å². The van der Waals surface area contributed by atoms with Crippen molar-refractivity contribution < 1.29 is 9.90 Å². The van der Waals surface area contributed by atoms with E-state index >= 15 is 0 Å². The number of amides is 1. The Balaban J connectivity index is 2.25. The van der Waals surface area contributed by atoms with Gasteiger partial charge in [0.1, 0.15) is 0 Å². The number of hydrogen-bond acceptors (Lipinski definition) is 2. The summed E-state index contributed by atoms with van der Waals surface area (Å²) in [5.41, 5.74) is -0.606. The third kappa shape index (κ3) is 2.48. The minimum absolute atomic E-state index is 0.0234. The lowest BCUT2D eigenvalue weighted by Gasteiger charge is -2.21. The van der Waals surface area contributed by atoms with Crippen molar-refractivity contribution in [2.45, 2.75) is 44.6 Å². The highest BCUT2D eigenvalue weighted by Crippen LogP contribution is 2.28. The molecule has 1 saturated carbocycles. The first-order chi connectivity index (χ1) is 5.66. The Kier molecular flexibility index (Phi) is 3.09. The Hall–Kier alpha value is -0.570. The smallest absolute Gasteiger partial charge is 0.219 e. The molecule has 0 bridgehead atoms. The molecule has 0 atom stereocenters. The minimum Gasteiger partial charge on any atom is -0.388 e. The van der Waals surface area contributed by atoms with E-state index in [1.165, 1.54) is 0 Å². The van der Waals surface area contributed by atoms with E-state index in [1.807, 2.05) is 6.92 Å². The molecule has 1 aliphatic rings. The van der Waals surface area contributed by atoms with Gasteiger partial charge < -0.3 is 10.4 Å². The first-order valence-corrected chi connectivity index (χ1v) is 4.65. The minimum atomic E-state index is -0.606. The largest absolute Gasteiger partial charge is 0.388 e. The van der Waals surface area contributed by atoms with Crippen LogP contribution < -0.4 is 5.32 Å². The lowest BCUT2D eigenvalue weighted by Crippen LogP contribution is -2.40. The molecule has 12 heavy (non-hydrogen) atoms. The third-order valence-corrected chi connectivity index (χ3v) is 2.47. The fourth-order valence-electron chi connectivity index (χ4n) is 1.60. The predicted molar refractivity (Wildman–Crippen MR) is 46.7 cm³/mol. The van der Waals surface area contributed by atoms with Crippen LogP contribution in [0.15, 0.2) is 0 Å². The first-order valence-electron chi connectivity index (χ1n) is 4.65. The van der Waals surface area contributed by atoms with Crippen LogP contribution in [0.5, 0.6) is 0 Å². The van der Waals surface area contributed by atoms with E-state index in [2.05, 4.69) is 5.32 Å².